The fourth-order valence-corrected chi connectivity index (χ4v) is 4.61. The molecular formula is C28H23N5O2. The minimum atomic E-state index is -0.262. The summed E-state index contributed by atoms with van der Waals surface area (Å²) in [4.78, 5) is 20.8. The lowest BCUT2D eigenvalue weighted by Gasteiger charge is -2.11. The summed E-state index contributed by atoms with van der Waals surface area (Å²) in [5.74, 6) is 1.66. The molecule has 0 unspecified atom stereocenters. The number of fused-ring (bicyclic) bond motifs is 4. The SMILES string of the molecule is CNC(=O)c1cc(Oc2ccc3c(c2)nc(Nc2cccc4c2Cc2ccccc2-4)n3C)ccn1. The van der Waals surface area contributed by atoms with E-state index < -0.39 is 0 Å². The van der Waals surface area contributed by atoms with E-state index in [0.717, 1.165) is 29.1 Å². The zero-order chi connectivity index (χ0) is 23.9. The normalized spacial score (nSPS) is 11.7. The number of rotatable bonds is 5. The Kier molecular flexibility index (Phi) is 4.95. The van der Waals surface area contributed by atoms with Crippen LogP contribution in [-0.2, 0) is 13.5 Å². The summed E-state index contributed by atoms with van der Waals surface area (Å²) < 4.78 is 8.03. The van der Waals surface area contributed by atoms with Gasteiger partial charge in [0.1, 0.15) is 17.2 Å². The maximum atomic E-state index is 11.9. The quantitative estimate of drug-likeness (QED) is 0.358. The van der Waals surface area contributed by atoms with Gasteiger partial charge in [0.05, 0.1) is 11.0 Å². The van der Waals surface area contributed by atoms with Gasteiger partial charge >= 0.3 is 0 Å². The Morgan fingerprint density at radius 1 is 0.971 bits per heavy atom. The highest BCUT2D eigenvalue weighted by Gasteiger charge is 2.21. The summed E-state index contributed by atoms with van der Waals surface area (Å²) in [6.45, 7) is 0. The molecule has 1 aliphatic carbocycles. The van der Waals surface area contributed by atoms with Crippen LogP contribution in [0.15, 0.2) is 79.0 Å². The van der Waals surface area contributed by atoms with Crippen molar-refractivity contribution in [3.63, 3.8) is 0 Å². The molecule has 0 radical (unpaired) electrons. The predicted octanol–water partition coefficient (Wildman–Crippen LogP) is 5.44. The van der Waals surface area contributed by atoms with Crippen molar-refractivity contribution in [1.29, 1.82) is 0 Å². The summed E-state index contributed by atoms with van der Waals surface area (Å²) >= 11 is 0. The van der Waals surface area contributed by atoms with E-state index in [4.69, 9.17) is 9.72 Å². The molecule has 0 saturated carbocycles. The van der Waals surface area contributed by atoms with Gasteiger partial charge in [0.15, 0.2) is 0 Å². The smallest absolute Gasteiger partial charge is 0.269 e. The van der Waals surface area contributed by atoms with Crippen molar-refractivity contribution < 1.29 is 9.53 Å². The van der Waals surface area contributed by atoms with E-state index in [-0.39, 0.29) is 5.91 Å². The van der Waals surface area contributed by atoms with Crippen molar-refractivity contribution in [2.45, 2.75) is 6.42 Å². The minimum Gasteiger partial charge on any atom is -0.457 e. The summed E-state index contributed by atoms with van der Waals surface area (Å²) in [5.41, 5.74) is 8.36. The second kappa shape index (κ2) is 8.29. The average Bonchev–Trinajstić information content (AvgIpc) is 3.41. The Labute approximate surface area is 202 Å². The van der Waals surface area contributed by atoms with E-state index in [2.05, 4.69) is 58.1 Å². The number of benzene rings is 3. The van der Waals surface area contributed by atoms with E-state index in [1.165, 1.54) is 22.3 Å². The number of amides is 1. The van der Waals surface area contributed by atoms with Gasteiger partial charge in [-0.3, -0.25) is 9.78 Å². The third-order valence-electron chi connectivity index (χ3n) is 6.38. The lowest BCUT2D eigenvalue weighted by Crippen LogP contribution is -2.18. The van der Waals surface area contributed by atoms with Crippen LogP contribution in [0.1, 0.15) is 21.6 Å². The van der Waals surface area contributed by atoms with Crippen LogP contribution in [0, 0.1) is 0 Å². The molecule has 0 atom stereocenters. The van der Waals surface area contributed by atoms with Crippen molar-refractivity contribution in [3.8, 4) is 22.6 Å². The number of pyridine rings is 1. The summed E-state index contributed by atoms with van der Waals surface area (Å²) in [7, 11) is 3.56. The number of nitrogens with zero attached hydrogens (tertiary/aromatic N) is 3. The van der Waals surface area contributed by atoms with Crippen LogP contribution in [0.2, 0.25) is 0 Å². The third-order valence-corrected chi connectivity index (χ3v) is 6.38. The maximum Gasteiger partial charge on any atom is 0.269 e. The number of nitrogens with one attached hydrogen (secondary N) is 2. The highest BCUT2D eigenvalue weighted by molar-refractivity contribution is 5.92. The Morgan fingerprint density at radius 2 is 1.80 bits per heavy atom. The van der Waals surface area contributed by atoms with Crippen LogP contribution < -0.4 is 15.4 Å². The van der Waals surface area contributed by atoms with Gasteiger partial charge in [0.25, 0.3) is 5.91 Å². The number of imidazole rings is 1. The number of carbonyl (C=O) groups is 1. The van der Waals surface area contributed by atoms with E-state index in [1.807, 2.05) is 29.8 Å². The van der Waals surface area contributed by atoms with E-state index >= 15 is 0 Å². The molecule has 0 bridgehead atoms. The van der Waals surface area contributed by atoms with Gasteiger partial charge in [0.2, 0.25) is 5.95 Å². The van der Waals surface area contributed by atoms with Crippen molar-refractivity contribution in [2.24, 2.45) is 7.05 Å². The second-order valence-corrected chi connectivity index (χ2v) is 8.49. The molecule has 3 aromatic carbocycles. The molecule has 0 saturated heterocycles. The van der Waals surface area contributed by atoms with E-state index in [0.29, 0.717) is 17.2 Å². The molecule has 2 heterocycles. The predicted molar refractivity (Wildman–Crippen MR) is 136 cm³/mol. The van der Waals surface area contributed by atoms with Gasteiger partial charge in [-0.15, -0.1) is 0 Å². The standard InChI is InChI=1S/C28H23N5O2/c1-29-27(34)25-16-19(12-13-30-25)35-18-10-11-26-24(15-18)32-28(33(26)2)31-23-9-5-8-21-20-7-4-3-6-17(20)14-22(21)23/h3-13,15-16H,14H2,1-2H3,(H,29,34)(H,31,32). The van der Waals surface area contributed by atoms with Gasteiger partial charge < -0.3 is 19.9 Å². The summed E-state index contributed by atoms with van der Waals surface area (Å²) in [6.07, 6.45) is 2.46. The number of anilines is 2. The lowest BCUT2D eigenvalue weighted by molar-refractivity contribution is 0.0958. The van der Waals surface area contributed by atoms with Crippen molar-refractivity contribution in [1.82, 2.24) is 19.9 Å². The fraction of sp³-hybridized carbons (Fsp3) is 0.107. The zero-order valence-corrected chi connectivity index (χ0v) is 19.4. The van der Waals surface area contributed by atoms with Crippen molar-refractivity contribution >= 4 is 28.6 Å². The Hall–Kier alpha value is -4.65. The first-order chi connectivity index (χ1) is 17.1. The van der Waals surface area contributed by atoms with Gasteiger partial charge in [-0.25, -0.2) is 4.98 Å². The largest absolute Gasteiger partial charge is 0.457 e. The highest BCUT2D eigenvalue weighted by atomic mass is 16.5. The first-order valence-electron chi connectivity index (χ1n) is 11.4. The molecule has 7 nitrogen and oxygen atoms in total. The van der Waals surface area contributed by atoms with Crippen LogP contribution in [0.5, 0.6) is 11.5 Å². The molecule has 1 aliphatic rings. The maximum absolute atomic E-state index is 11.9. The molecule has 7 heteroatoms. The molecule has 1 amide bonds. The minimum absolute atomic E-state index is 0.262. The number of carbonyl (C=O) groups excluding carboxylic acids is 1. The van der Waals surface area contributed by atoms with E-state index in [9.17, 15) is 4.79 Å². The number of ether oxygens (including phenoxy) is 1. The second-order valence-electron chi connectivity index (χ2n) is 8.49. The Morgan fingerprint density at radius 3 is 2.69 bits per heavy atom. The van der Waals surface area contributed by atoms with Crippen LogP contribution >= 0.6 is 0 Å². The molecule has 172 valence electrons. The molecule has 2 N–H and O–H groups in total. The highest BCUT2D eigenvalue weighted by Crippen LogP contribution is 2.41. The third kappa shape index (κ3) is 3.67. The van der Waals surface area contributed by atoms with Crippen LogP contribution in [0.25, 0.3) is 22.2 Å². The van der Waals surface area contributed by atoms with E-state index in [1.54, 1.807) is 25.4 Å². The van der Waals surface area contributed by atoms with Gasteiger partial charge in [-0.1, -0.05) is 36.4 Å². The van der Waals surface area contributed by atoms with Gasteiger partial charge in [0, 0.05) is 44.5 Å². The monoisotopic (exact) mass is 461 g/mol. The van der Waals surface area contributed by atoms with Crippen LogP contribution in [-0.4, -0.2) is 27.5 Å². The van der Waals surface area contributed by atoms with Crippen molar-refractivity contribution in [3.05, 3.63) is 95.8 Å². The summed E-state index contributed by atoms with van der Waals surface area (Å²) in [5, 5.41) is 6.12. The molecule has 2 aromatic heterocycles. The van der Waals surface area contributed by atoms with Gasteiger partial charge in [-0.2, -0.15) is 0 Å². The first kappa shape index (κ1) is 20.9. The number of aromatic nitrogens is 3. The van der Waals surface area contributed by atoms with Crippen LogP contribution in [0.3, 0.4) is 0 Å². The van der Waals surface area contributed by atoms with Crippen LogP contribution in [0.4, 0.5) is 11.6 Å². The fourth-order valence-electron chi connectivity index (χ4n) is 4.61. The number of hydrogen-bond donors (Lipinski definition) is 2. The molecule has 0 spiro atoms. The number of aryl methyl sites for hydroxylation is 1. The lowest BCUT2D eigenvalue weighted by atomic mass is 10.1. The zero-order valence-electron chi connectivity index (χ0n) is 19.4. The molecular weight excluding hydrogens is 438 g/mol. The first-order valence-corrected chi connectivity index (χ1v) is 11.4. The molecule has 35 heavy (non-hydrogen) atoms. The molecule has 0 fully saturated rings. The number of hydrogen-bond acceptors (Lipinski definition) is 5. The molecule has 0 aliphatic heterocycles. The van der Waals surface area contributed by atoms with Crippen molar-refractivity contribution in [2.75, 3.05) is 12.4 Å². The summed E-state index contributed by atoms with van der Waals surface area (Å²) in [6, 6.07) is 24.0. The topological polar surface area (TPSA) is 81.1 Å². The Bertz CT molecular complexity index is 1600. The van der Waals surface area contributed by atoms with Gasteiger partial charge in [-0.05, 0) is 46.5 Å². The molecule has 5 aromatic rings. The average molecular weight is 462 g/mol. The Balaban J connectivity index is 1.29. The molecule has 6 rings (SSSR count).